The van der Waals surface area contributed by atoms with Crippen LogP contribution < -0.4 is 51.4 Å². The average molecular weight is 710 g/mol. The Hall–Kier alpha value is 2.72. The Morgan fingerprint density at radius 2 is 0.941 bits per heavy atom. The molecular formula is C8H3I4KO4. The molecule has 0 fully saturated rings. The maximum atomic E-state index is 11.1. The molecule has 0 aliphatic rings. The van der Waals surface area contributed by atoms with Crippen LogP contribution in [0.5, 0.6) is 0 Å². The summed E-state index contributed by atoms with van der Waals surface area (Å²) in [4.78, 5) is 22.1. The number of rotatable bonds is 2. The molecule has 0 bridgehead atoms. The third-order valence-corrected chi connectivity index (χ3v) is 8.07. The van der Waals surface area contributed by atoms with Crippen molar-refractivity contribution in [2.75, 3.05) is 0 Å². The predicted octanol–water partition coefficient (Wildman–Crippen LogP) is 0.618. The van der Waals surface area contributed by atoms with Crippen molar-refractivity contribution in [1.82, 2.24) is 0 Å². The van der Waals surface area contributed by atoms with Gasteiger partial charge in [0.25, 0.3) is 0 Å². The summed E-state index contributed by atoms with van der Waals surface area (Å²) in [5, 5.41) is 18.1. The first kappa shape index (κ1) is 19.7. The summed E-state index contributed by atoms with van der Waals surface area (Å²) >= 11 is 7.45. The van der Waals surface area contributed by atoms with Gasteiger partial charge in [0.2, 0.25) is 0 Å². The van der Waals surface area contributed by atoms with Gasteiger partial charge in [-0.25, -0.2) is 9.59 Å². The number of carboxylic acids is 2. The predicted molar refractivity (Wildman–Crippen MR) is 92.3 cm³/mol. The zero-order chi connectivity index (χ0) is 12.6. The minimum absolute atomic E-state index is 0. The molecule has 1 aromatic rings. The Kier molecular flexibility index (Phi) is 9.55. The summed E-state index contributed by atoms with van der Waals surface area (Å²) in [7, 11) is 0. The first-order valence-electron chi connectivity index (χ1n) is 3.61. The van der Waals surface area contributed by atoms with Gasteiger partial charge in [0.1, 0.15) is 0 Å². The van der Waals surface area contributed by atoms with Crippen molar-refractivity contribution in [3.63, 3.8) is 0 Å². The van der Waals surface area contributed by atoms with Crippen LogP contribution in [0.3, 0.4) is 0 Å². The van der Waals surface area contributed by atoms with Gasteiger partial charge in [-0.3, -0.25) is 0 Å². The van der Waals surface area contributed by atoms with E-state index in [9.17, 15) is 9.59 Å². The fraction of sp³-hybridized carbons (Fsp3) is 0. The van der Waals surface area contributed by atoms with Gasteiger partial charge in [-0.15, -0.1) is 0 Å². The molecule has 17 heavy (non-hydrogen) atoms. The fourth-order valence-electron chi connectivity index (χ4n) is 1.01. The molecule has 88 valence electrons. The van der Waals surface area contributed by atoms with E-state index >= 15 is 0 Å². The smallest absolute Gasteiger partial charge is 1.00 e. The largest absolute Gasteiger partial charge is 1.00 e. The van der Waals surface area contributed by atoms with Crippen LogP contribution in [0.25, 0.3) is 0 Å². The maximum Gasteiger partial charge on any atom is 1.00 e. The summed E-state index contributed by atoms with van der Waals surface area (Å²) in [6, 6.07) is 0. The summed E-state index contributed by atoms with van der Waals surface area (Å²) < 4.78 is 1.86. The van der Waals surface area contributed by atoms with E-state index in [0.717, 1.165) is 0 Å². The van der Waals surface area contributed by atoms with Gasteiger partial charge in [-0.2, -0.15) is 0 Å². The monoisotopic (exact) mass is 710 g/mol. The molecule has 0 aliphatic carbocycles. The topological polar surface area (TPSA) is 74.6 Å². The molecular weight excluding hydrogens is 707 g/mol. The Bertz CT molecular complexity index is 434. The van der Waals surface area contributed by atoms with E-state index in [1.54, 1.807) is 0 Å². The van der Waals surface area contributed by atoms with Crippen LogP contribution in [0.2, 0.25) is 0 Å². The van der Waals surface area contributed by atoms with E-state index in [2.05, 4.69) is 0 Å². The molecule has 0 saturated heterocycles. The van der Waals surface area contributed by atoms with E-state index in [1.165, 1.54) is 0 Å². The number of hydrogen-bond donors (Lipinski definition) is 2. The molecule has 1 aromatic carbocycles. The van der Waals surface area contributed by atoms with E-state index in [0.29, 0.717) is 14.3 Å². The van der Waals surface area contributed by atoms with Crippen LogP contribution in [0.4, 0.5) is 0 Å². The van der Waals surface area contributed by atoms with Crippen LogP contribution in [0, 0.1) is 14.3 Å². The number of hydrogen-bond acceptors (Lipinski definition) is 2. The summed E-state index contributed by atoms with van der Waals surface area (Å²) in [6.07, 6.45) is 0. The first-order chi connectivity index (χ1) is 7.29. The van der Waals surface area contributed by atoms with E-state index in [1.807, 2.05) is 90.4 Å². The van der Waals surface area contributed by atoms with Crippen LogP contribution >= 0.6 is 90.4 Å². The Balaban J connectivity index is 0. The molecule has 2 N–H and O–H groups in total. The SMILES string of the molecule is O=C(O)c1c(I)c(I)c(C(=O)O)c(I)c1I.[H-].[K+]. The van der Waals surface area contributed by atoms with Crippen molar-refractivity contribution < 1.29 is 72.6 Å². The molecule has 0 unspecified atom stereocenters. The molecule has 0 heterocycles. The summed E-state index contributed by atoms with van der Waals surface area (Å²) in [5.41, 5.74) is 0.333. The van der Waals surface area contributed by atoms with Crippen molar-refractivity contribution in [3.05, 3.63) is 25.4 Å². The third kappa shape index (κ3) is 4.34. The van der Waals surface area contributed by atoms with Crippen molar-refractivity contribution >= 4 is 102 Å². The Labute approximate surface area is 196 Å². The standard InChI is InChI=1S/C8H2I4O4.K.H/c9-3-1(7(13)14)4(10)6(12)2(5(3)11)8(15)16;;/h(H,13,14)(H,15,16);;/q;+1;-1. The van der Waals surface area contributed by atoms with Crippen molar-refractivity contribution in [3.8, 4) is 0 Å². The minimum Gasteiger partial charge on any atom is -1.00 e. The molecule has 9 heteroatoms. The van der Waals surface area contributed by atoms with Crippen LogP contribution in [-0.2, 0) is 0 Å². The minimum atomic E-state index is -1.04. The van der Waals surface area contributed by atoms with Gasteiger partial charge in [0, 0.05) is 14.3 Å². The molecule has 0 amide bonds. The van der Waals surface area contributed by atoms with Crippen molar-refractivity contribution in [2.45, 2.75) is 0 Å². The molecule has 1 rings (SSSR count). The van der Waals surface area contributed by atoms with Gasteiger partial charge >= 0.3 is 63.3 Å². The fourth-order valence-corrected chi connectivity index (χ4v) is 5.12. The molecule has 0 aromatic heterocycles. The van der Waals surface area contributed by atoms with Crippen molar-refractivity contribution in [1.29, 1.82) is 0 Å². The van der Waals surface area contributed by atoms with Gasteiger partial charge < -0.3 is 11.6 Å². The molecule has 4 nitrogen and oxygen atoms in total. The van der Waals surface area contributed by atoms with E-state index < -0.39 is 11.9 Å². The first-order valence-corrected chi connectivity index (χ1v) is 7.93. The van der Waals surface area contributed by atoms with Crippen molar-refractivity contribution in [2.24, 2.45) is 0 Å². The maximum absolute atomic E-state index is 11.1. The number of halogens is 4. The van der Waals surface area contributed by atoms with Crippen LogP contribution in [-0.4, -0.2) is 22.2 Å². The molecule has 0 aliphatic heterocycles. The van der Waals surface area contributed by atoms with Gasteiger partial charge in [-0.1, -0.05) is 0 Å². The second-order valence-corrected chi connectivity index (χ2v) is 6.93. The summed E-state index contributed by atoms with van der Waals surface area (Å²) in [6.45, 7) is 0. The molecule has 0 atom stereocenters. The zero-order valence-corrected chi connectivity index (χ0v) is 20.0. The van der Waals surface area contributed by atoms with E-state index in [-0.39, 0.29) is 63.9 Å². The third-order valence-electron chi connectivity index (χ3n) is 1.69. The second kappa shape index (κ2) is 8.23. The van der Waals surface area contributed by atoms with Crippen LogP contribution in [0.1, 0.15) is 22.1 Å². The van der Waals surface area contributed by atoms with Crippen LogP contribution in [0.15, 0.2) is 0 Å². The van der Waals surface area contributed by atoms with Gasteiger partial charge in [0.05, 0.1) is 11.1 Å². The second-order valence-electron chi connectivity index (χ2n) is 2.62. The average Bonchev–Trinajstić information content (AvgIpc) is 2.14. The molecule has 0 radical (unpaired) electrons. The Morgan fingerprint density at radius 3 is 1.06 bits per heavy atom. The number of carbonyl (C=O) groups is 2. The Morgan fingerprint density at radius 1 is 0.765 bits per heavy atom. The van der Waals surface area contributed by atoms with Gasteiger partial charge in [-0.05, 0) is 90.4 Å². The quantitative estimate of drug-likeness (QED) is 0.269. The molecule has 0 spiro atoms. The van der Waals surface area contributed by atoms with E-state index in [4.69, 9.17) is 10.2 Å². The number of benzene rings is 1. The molecule has 0 saturated carbocycles. The number of carboxylic acid groups (broad SMARTS) is 2. The number of aromatic carboxylic acids is 2. The normalized spacial score (nSPS) is 9.65. The zero-order valence-electron chi connectivity index (χ0n) is 9.22. The van der Waals surface area contributed by atoms with Gasteiger partial charge in [0.15, 0.2) is 0 Å². The summed E-state index contributed by atoms with van der Waals surface area (Å²) in [5.74, 6) is -2.08.